The van der Waals surface area contributed by atoms with E-state index >= 15 is 0 Å². The molecule has 6 heteroatoms. The third-order valence-corrected chi connectivity index (χ3v) is 1.09. The fraction of sp³-hybridized carbons (Fsp3) is 0.600. The van der Waals surface area contributed by atoms with Gasteiger partial charge in [-0.05, 0) is 6.92 Å². The predicted octanol–water partition coefficient (Wildman–Crippen LogP) is -3.22. The Labute approximate surface area is 89.4 Å². The maximum Gasteiger partial charge on any atom is 1.00 e. The van der Waals surface area contributed by atoms with Gasteiger partial charge in [-0.1, -0.05) is 6.92 Å². The first-order valence-electron chi connectivity index (χ1n) is 2.57. The second-order valence-corrected chi connectivity index (χ2v) is 3.31. The normalized spacial score (nSPS) is 8.64. The van der Waals surface area contributed by atoms with E-state index in [4.69, 9.17) is 4.55 Å². The van der Waals surface area contributed by atoms with Gasteiger partial charge in [-0.3, -0.25) is 4.55 Å². The van der Waals surface area contributed by atoms with Crippen molar-refractivity contribution in [2.75, 3.05) is 5.75 Å². The van der Waals surface area contributed by atoms with Gasteiger partial charge < -0.3 is 5.11 Å². The molecule has 11 heavy (non-hydrogen) atoms. The Hall–Kier alpha value is 0.450. The molecular weight excluding hydrogens is 179 g/mol. The van der Waals surface area contributed by atoms with Gasteiger partial charge >= 0.3 is 29.6 Å². The Kier molecular flexibility index (Phi) is 13.6. The number of allylic oxidation sites excluding steroid dienone is 1. The molecule has 0 saturated heterocycles. The largest absolute Gasteiger partial charge is 1.00 e. The van der Waals surface area contributed by atoms with Crippen molar-refractivity contribution in [2.45, 2.75) is 13.8 Å². The molecule has 4 nitrogen and oxygen atoms in total. The molecule has 0 amide bonds. The Morgan fingerprint density at radius 3 is 1.73 bits per heavy atom. The van der Waals surface area contributed by atoms with Crippen LogP contribution in [-0.4, -0.2) is 18.7 Å². The van der Waals surface area contributed by atoms with Crippen molar-refractivity contribution in [1.29, 1.82) is 0 Å². The summed E-state index contributed by atoms with van der Waals surface area (Å²) < 4.78 is 26.9. The number of hydrogen-bond donors (Lipinski definition) is 1. The van der Waals surface area contributed by atoms with E-state index in [0.717, 1.165) is 0 Å². The van der Waals surface area contributed by atoms with Gasteiger partial charge in [0.05, 0.1) is 5.75 Å². The zero-order valence-electron chi connectivity index (χ0n) is 6.99. The zero-order valence-corrected chi connectivity index (χ0v) is 9.81. The number of hydrogen-bond acceptors (Lipinski definition) is 3. The van der Waals surface area contributed by atoms with Crippen LogP contribution in [0.4, 0.5) is 0 Å². The first-order valence-corrected chi connectivity index (χ1v) is 4.18. The smallest absolute Gasteiger partial charge is 0.876 e. The van der Waals surface area contributed by atoms with Gasteiger partial charge in [-0.25, -0.2) is 0 Å². The summed E-state index contributed by atoms with van der Waals surface area (Å²) in [6.07, 6.45) is 0. The summed E-state index contributed by atoms with van der Waals surface area (Å²) in [6, 6.07) is 0. The van der Waals surface area contributed by atoms with Crippen molar-refractivity contribution in [3.05, 3.63) is 12.3 Å². The molecule has 0 heterocycles. The molecule has 1 N–H and O–H groups in total. The molecule has 0 unspecified atom stereocenters. The monoisotopic (exact) mass is 190 g/mol. The minimum atomic E-state index is -3.66. The molecule has 0 aliphatic heterocycles. The quantitative estimate of drug-likeness (QED) is 0.268. The van der Waals surface area contributed by atoms with Crippen LogP contribution in [0.15, 0.2) is 12.3 Å². The Morgan fingerprint density at radius 2 is 1.73 bits per heavy atom. The first kappa shape index (κ1) is 17.5. The molecule has 0 radical (unpaired) electrons. The summed E-state index contributed by atoms with van der Waals surface area (Å²) in [6.45, 7) is 5.79. The van der Waals surface area contributed by atoms with E-state index in [1.807, 2.05) is 0 Å². The van der Waals surface area contributed by atoms with Crippen molar-refractivity contribution in [1.82, 2.24) is 0 Å². The van der Waals surface area contributed by atoms with Crippen LogP contribution in [0.25, 0.3) is 0 Å². The van der Waals surface area contributed by atoms with Gasteiger partial charge in [0.15, 0.2) is 0 Å². The Balaban J connectivity index is -0.000000114. The van der Waals surface area contributed by atoms with Crippen LogP contribution in [0, 0.1) is 0 Å². The van der Waals surface area contributed by atoms with Gasteiger partial charge in [0.2, 0.25) is 0 Å². The summed E-state index contributed by atoms with van der Waals surface area (Å²) >= 11 is 0. The predicted molar refractivity (Wildman–Crippen MR) is 36.9 cm³/mol. The first-order chi connectivity index (χ1) is 4.29. The van der Waals surface area contributed by atoms with Gasteiger partial charge in [0, 0.05) is 0 Å². The topological polar surface area (TPSA) is 77.4 Å². The number of rotatable bonds is 1. The molecule has 0 spiro atoms. The second kappa shape index (κ2) is 8.55. The van der Waals surface area contributed by atoms with Crippen LogP contribution >= 0.6 is 0 Å². The van der Waals surface area contributed by atoms with Gasteiger partial charge in [-0.15, -0.1) is 12.3 Å². The van der Waals surface area contributed by atoms with E-state index in [1.54, 1.807) is 0 Å². The van der Waals surface area contributed by atoms with E-state index in [2.05, 4.69) is 6.58 Å². The molecule has 0 aromatic carbocycles. The van der Waals surface area contributed by atoms with Crippen LogP contribution in [0.3, 0.4) is 0 Å². The van der Waals surface area contributed by atoms with Crippen LogP contribution in [0.5, 0.6) is 0 Å². The van der Waals surface area contributed by atoms with Gasteiger partial charge in [0.1, 0.15) is 0 Å². The Bertz CT molecular complexity index is 181. The summed E-state index contributed by atoms with van der Waals surface area (Å²) in [4.78, 5) is 0. The van der Waals surface area contributed by atoms with E-state index in [0.29, 0.717) is 0 Å². The van der Waals surface area contributed by atoms with Gasteiger partial charge in [0.25, 0.3) is 10.1 Å². The molecule has 0 aliphatic carbocycles. The van der Waals surface area contributed by atoms with Crippen molar-refractivity contribution in [2.24, 2.45) is 0 Å². The van der Waals surface area contributed by atoms with Crippen LogP contribution in [0.1, 0.15) is 13.8 Å². The maximum absolute atomic E-state index is 9.56. The molecule has 0 aromatic heterocycles. The molecule has 0 aromatic rings. The second-order valence-electron chi connectivity index (χ2n) is 1.57. The minimum absolute atomic E-state index is 0. The molecule has 0 aliphatic rings. The van der Waals surface area contributed by atoms with Crippen molar-refractivity contribution in [3.63, 3.8) is 0 Å². The van der Waals surface area contributed by atoms with E-state index in [9.17, 15) is 13.5 Å². The van der Waals surface area contributed by atoms with Crippen molar-refractivity contribution >= 4 is 10.1 Å². The standard InChI is InChI=1S/C3H6O.C2H6O3S.Na/c1-3(2)4;1-2-6(3,4)5;/h4H,1H2,2H3;2H2,1H3,(H,3,4,5);/q;;+1/p-1. The zero-order chi connectivity index (χ0) is 8.78. The SMILES string of the molecule is C=C(C)[O-].CCS(=O)(=O)O.[Na+]. The molecule has 0 rings (SSSR count). The average Bonchev–Trinajstić information content (AvgIpc) is 1.63. The molecule has 0 saturated carbocycles. The van der Waals surface area contributed by atoms with Crippen LogP contribution in [0.2, 0.25) is 0 Å². The fourth-order valence-electron chi connectivity index (χ4n) is 0. The average molecular weight is 190 g/mol. The summed E-state index contributed by atoms with van der Waals surface area (Å²) in [7, 11) is -3.66. The molecular formula is C5H11NaO4S. The molecule has 0 bridgehead atoms. The summed E-state index contributed by atoms with van der Waals surface area (Å²) in [5, 5.41) is 9.33. The van der Waals surface area contributed by atoms with E-state index in [-0.39, 0.29) is 41.1 Å². The Morgan fingerprint density at radius 1 is 1.64 bits per heavy atom. The molecule has 0 atom stereocenters. The summed E-state index contributed by atoms with van der Waals surface area (Å²) in [5.41, 5.74) is 0. The van der Waals surface area contributed by atoms with Gasteiger partial charge in [-0.2, -0.15) is 8.42 Å². The molecule has 0 fully saturated rings. The van der Waals surface area contributed by atoms with Crippen molar-refractivity contribution in [3.8, 4) is 0 Å². The van der Waals surface area contributed by atoms with Crippen molar-refractivity contribution < 1.29 is 47.6 Å². The van der Waals surface area contributed by atoms with Crippen LogP contribution in [-0.2, 0) is 10.1 Å². The third-order valence-electron chi connectivity index (χ3n) is 0.365. The molecule has 62 valence electrons. The van der Waals surface area contributed by atoms with E-state index in [1.165, 1.54) is 13.8 Å². The minimum Gasteiger partial charge on any atom is -0.876 e. The van der Waals surface area contributed by atoms with Crippen LogP contribution < -0.4 is 34.7 Å². The third kappa shape index (κ3) is 62.7. The maximum atomic E-state index is 9.56. The fourth-order valence-corrected chi connectivity index (χ4v) is 0. The summed E-state index contributed by atoms with van der Waals surface area (Å²) in [5.74, 6) is -0.285. The van der Waals surface area contributed by atoms with E-state index < -0.39 is 10.1 Å².